The zero-order valence-corrected chi connectivity index (χ0v) is 16.9. The van der Waals surface area contributed by atoms with Crippen LogP contribution in [0.15, 0.2) is 21.8 Å². The van der Waals surface area contributed by atoms with Crippen molar-refractivity contribution in [2.75, 3.05) is 25.4 Å². The highest BCUT2D eigenvalue weighted by molar-refractivity contribution is 14.0. The molecule has 9 heteroatoms. The Labute approximate surface area is 154 Å². The molecule has 0 amide bonds. The van der Waals surface area contributed by atoms with E-state index < -0.39 is 10.0 Å². The van der Waals surface area contributed by atoms with Crippen molar-refractivity contribution >= 4 is 51.3 Å². The van der Waals surface area contributed by atoms with E-state index in [2.05, 4.69) is 31.8 Å². The molecule has 0 aromatic carbocycles. The van der Waals surface area contributed by atoms with Gasteiger partial charge in [-0.3, -0.25) is 0 Å². The highest BCUT2D eigenvalue weighted by Crippen LogP contribution is 2.06. The fraction of sp³-hybridized carbons (Fsp3) is 0.615. The van der Waals surface area contributed by atoms with E-state index in [9.17, 15) is 8.42 Å². The zero-order valence-electron chi connectivity index (χ0n) is 13.0. The lowest BCUT2D eigenvalue weighted by Crippen LogP contribution is -2.38. The van der Waals surface area contributed by atoms with Crippen LogP contribution < -0.4 is 15.4 Å². The van der Waals surface area contributed by atoms with Gasteiger partial charge in [0.25, 0.3) is 0 Å². The zero-order chi connectivity index (χ0) is 15.6. The number of guanidine groups is 1. The molecule has 128 valence electrons. The van der Waals surface area contributed by atoms with Gasteiger partial charge in [0.15, 0.2) is 5.96 Å². The molecule has 0 radical (unpaired) electrons. The maximum Gasteiger partial charge on any atom is 0.211 e. The van der Waals surface area contributed by atoms with Crippen LogP contribution in [0.2, 0.25) is 0 Å². The number of aliphatic imine (C=N–C) groups is 1. The monoisotopic (exact) mass is 460 g/mol. The highest BCUT2D eigenvalue weighted by Gasteiger charge is 2.04. The van der Waals surface area contributed by atoms with Crippen molar-refractivity contribution in [1.29, 1.82) is 0 Å². The molecular weight excluding hydrogens is 435 g/mol. The van der Waals surface area contributed by atoms with Gasteiger partial charge in [0.1, 0.15) is 0 Å². The Morgan fingerprint density at radius 1 is 1.27 bits per heavy atom. The third-order valence-electron chi connectivity index (χ3n) is 2.69. The van der Waals surface area contributed by atoms with Crippen LogP contribution in [0.3, 0.4) is 0 Å². The van der Waals surface area contributed by atoms with E-state index in [1.807, 2.05) is 12.3 Å². The summed E-state index contributed by atoms with van der Waals surface area (Å²) in [7, 11) is -3.09. The quantitative estimate of drug-likeness (QED) is 0.227. The SMILES string of the molecule is CCNC(=NCc1ccsc1)NCCCNS(=O)(=O)CC.I. The smallest absolute Gasteiger partial charge is 0.211 e. The van der Waals surface area contributed by atoms with Gasteiger partial charge in [-0.25, -0.2) is 18.1 Å². The molecule has 0 fully saturated rings. The number of hydrogen-bond donors (Lipinski definition) is 3. The van der Waals surface area contributed by atoms with Crippen molar-refractivity contribution in [3.05, 3.63) is 22.4 Å². The second-order valence-corrected chi connectivity index (χ2v) is 7.28. The third kappa shape index (κ3) is 9.59. The van der Waals surface area contributed by atoms with Crippen LogP contribution in [0.4, 0.5) is 0 Å². The molecule has 22 heavy (non-hydrogen) atoms. The fourth-order valence-corrected chi connectivity index (χ4v) is 2.84. The number of nitrogens with zero attached hydrogens (tertiary/aromatic N) is 1. The van der Waals surface area contributed by atoms with Crippen LogP contribution in [-0.4, -0.2) is 39.8 Å². The van der Waals surface area contributed by atoms with E-state index in [-0.39, 0.29) is 29.7 Å². The highest BCUT2D eigenvalue weighted by atomic mass is 127. The standard InChI is InChI=1S/C13H24N4O2S2.HI/c1-3-14-13(16-10-12-6-9-20-11-12)15-7-5-8-17-21(18,19)4-2;/h6,9,11,17H,3-5,7-8,10H2,1-2H3,(H2,14,15,16);1H. The van der Waals surface area contributed by atoms with E-state index in [4.69, 9.17) is 0 Å². The van der Waals surface area contributed by atoms with Crippen molar-refractivity contribution in [2.45, 2.75) is 26.8 Å². The third-order valence-corrected chi connectivity index (χ3v) is 4.83. The predicted octanol–water partition coefficient (Wildman–Crippen LogP) is 1.75. The summed E-state index contributed by atoms with van der Waals surface area (Å²) < 4.78 is 25.1. The van der Waals surface area contributed by atoms with Crippen LogP contribution in [0.1, 0.15) is 25.8 Å². The molecule has 0 bridgehead atoms. The van der Waals surface area contributed by atoms with Crippen molar-refractivity contribution in [1.82, 2.24) is 15.4 Å². The average Bonchev–Trinajstić information content (AvgIpc) is 2.97. The number of hydrogen-bond acceptors (Lipinski definition) is 4. The lowest BCUT2D eigenvalue weighted by Gasteiger charge is -2.11. The Kier molecular flexibility index (Phi) is 11.9. The molecule has 0 saturated carbocycles. The molecule has 0 atom stereocenters. The normalized spacial score (nSPS) is 11.8. The maximum atomic E-state index is 11.3. The summed E-state index contributed by atoms with van der Waals surface area (Å²) in [6.45, 7) is 6.17. The van der Waals surface area contributed by atoms with Gasteiger partial charge >= 0.3 is 0 Å². The number of rotatable bonds is 9. The number of nitrogens with one attached hydrogen (secondary N) is 3. The molecule has 1 aromatic rings. The Morgan fingerprint density at radius 3 is 2.64 bits per heavy atom. The first-order chi connectivity index (χ1) is 10.1. The molecule has 1 heterocycles. The molecular formula is C13H25IN4O2S2. The molecule has 0 aliphatic carbocycles. The van der Waals surface area contributed by atoms with E-state index in [1.54, 1.807) is 18.3 Å². The van der Waals surface area contributed by atoms with Gasteiger partial charge in [-0.2, -0.15) is 11.3 Å². The van der Waals surface area contributed by atoms with Crippen molar-refractivity contribution in [3.63, 3.8) is 0 Å². The minimum Gasteiger partial charge on any atom is -0.357 e. The van der Waals surface area contributed by atoms with Gasteiger partial charge in [0.05, 0.1) is 12.3 Å². The number of halogens is 1. The van der Waals surface area contributed by atoms with Crippen LogP contribution in [-0.2, 0) is 16.6 Å². The number of thiophene rings is 1. The van der Waals surface area contributed by atoms with Crippen LogP contribution in [0.25, 0.3) is 0 Å². The molecule has 0 spiro atoms. The van der Waals surface area contributed by atoms with E-state index in [0.29, 0.717) is 26.1 Å². The van der Waals surface area contributed by atoms with Gasteiger partial charge in [-0.1, -0.05) is 0 Å². The van der Waals surface area contributed by atoms with Crippen LogP contribution in [0.5, 0.6) is 0 Å². The van der Waals surface area contributed by atoms with Gasteiger partial charge in [0, 0.05) is 19.6 Å². The first kappa shape index (κ1) is 21.6. The van der Waals surface area contributed by atoms with E-state index in [0.717, 1.165) is 12.5 Å². The summed E-state index contributed by atoms with van der Waals surface area (Å²) in [5.41, 5.74) is 1.19. The summed E-state index contributed by atoms with van der Waals surface area (Å²) in [4.78, 5) is 4.48. The summed E-state index contributed by atoms with van der Waals surface area (Å²) in [6.07, 6.45) is 0.710. The van der Waals surface area contributed by atoms with Gasteiger partial charge in [-0.15, -0.1) is 24.0 Å². The largest absolute Gasteiger partial charge is 0.357 e. The molecule has 3 N–H and O–H groups in total. The van der Waals surface area contributed by atoms with Crippen molar-refractivity contribution in [2.24, 2.45) is 4.99 Å². The van der Waals surface area contributed by atoms with Gasteiger partial charge in [-0.05, 0) is 42.7 Å². The molecule has 0 aliphatic rings. The second-order valence-electron chi connectivity index (χ2n) is 4.40. The van der Waals surface area contributed by atoms with Gasteiger partial charge < -0.3 is 10.6 Å². The average molecular weight is 460 g/mol. The molecule has 6 nitrogen and oxygen atoms in total. The lowest BCUT2D eigenvalue weighted by atomic mass is 10.3. The first-order valence-corrected chi connectivity index (χ1v) is 9.67. The Bertz CT molecular complexity index is 518. The predicted molar refractivity (Wildman–Crippen MR) is 105 cm³/mol. The van der Waals surface area contributed by atoms with Crippen LogP contribution in [0, 0.1) is 0 Å². The number of sulfonamides is 1. The Morgan fingerprint density at radius 2 is 2.05 bits per heavy atom. The maximum absolute atomic E-state index is 11.3. The summed E-state index contributed by atoms with van der Waals surface area (Å²) in [5.74, 6) is 0.868. The fourth-order valence-electron chi connectivity index (χ4n) is 1.52. The molecule has 1 rings (SSSR count). The Hall–Kier alpha value is -0.390. The van der Waals surface area contributed by atoms with Crippen LogP contribution >= 0.6 is 35.3 Å². The lowest BCUT2D eigenvalue weighted by molar-refractivity contribution is 0.579. The van der Waals surface area contributed by atoms with Crippen molar-refractivity contribution in [3.8, 4) is 0 Å². The molecule has 1 aromatic heterocycles. The first-order valence-electron chi connectivity index (χ1n) is 7.08. The summed E-state index contributed by atoms with van der Waals surface area (Å²) in [5, 5.41) is 10.5. The minimum atomic E-state index is -3.09. The molecule has 0 aliphatic heterocycles. The second kappa shape index (κ2) is 12.1. The summed E-state index contributed by atoms with van der Waals surface area (Å²) >= 11 is 1.66. The van der Waals surface area contributed by atoms with E-state index in [1.165, 1.54) is 5.56 Å². The van der Waals surface area contributed by atoms with E-state index >= 15 is 0 Å². The topological polar surface area (TPSA) is 82.6 Å². The summed E-state index contributed by atoms with van der Waals surface area (Å²) in [6, 6.07) is 2.05. The van der Waals surface area contributed by atoms with Gasteiger partial charge in [0.2, 0.25) is 10.0 Å². The molecule has 0 saturated heterocycles. The van der Waals surface area contributed by atoms with Crippen molar-refractivity contribution < 1.29 is 8.42 Å². The molecule has 0 unspecified atom stereocenters. The minimum absolute atomic E-state index is 0. The Balaban J connectivity index is 0.00000441.